The number of carboxylic acids is 1. The van der Waals surface area contributed by atoms with Crippen molar-refractivity contribution in [2.45, 2.75) is 37.6 Å². The van der Waals surface area contributed by atoms with Crippen LogP contribution in [0.3, 0.4) is 0 Å². The maximum absolute atomic E-state index is 10.9. The zero-order valence-electron chi connectivity index (χ0n) is 9.23. The SMILES string of the molecule is NC1CCC(c2cccc(C(=O)O)c2)CC1. The zero-order chi connectivity index (χ0) is 11.5. The van der Waals surface area contributed by atoms with E-state index in [2.05, 4.69) is 0 Å². The summed E-state index contributed by atoms with van der Waals surface area (Å²) in [5.74, 6) is -0.367. The summed E-state index contributed by atoms with van der Waals surface area (Å²) >= 11 is 0. The van der Waals surface area contributed by atoms with Crippen LogP contribution in [0.4, 0.5) is 0 Å². The third kappa shape index (κ3) is 2.42. The first-order valence-electron chi connectivity index (χ1n) is 5.75. The summed E-state index contributed by atoms with van der Waals surface area (Å²) in [6, 6.07) is 7.62. The molecule has 3 heteroatoms. The Bertz CT molecular complexity index is 381. The monoisotopic (exact) mass is 219 g/mol. The summed E-state index contributed by atoms with van der Waals surface area (Å²) < 4.78 is 0. The fourth-order valence-electron chi connectivity index (χ4n) is 2.38. The molecule has 1 aromatic carbocycles. The molecule has 0 spiro atoms. The predicted molar refractivity (Wildman–Crippen MR) is 62.6 cm³/mol. The van der Waals surface area contributed by atoms with Gasteiger partial charge in [0.05, 0.1) is 5.56 Å². The number of nitrogens with two attached hydrogens (primary N) is 1. The predicted octanol–water partition coefficient (Wildman–Crippen LogP) is 2.37. The first-order valence-corrected chi connectivity index (χ1v) is 5.75. The molecule has 0 amide bonds. The van der Waals surface area contributed by atoms with E-state index in [-0.39, 0.29) is 0 Å². The van der Waals surface area contributed by atoms with E-state index in [4.69, 9.17) is 10.8 Å². The lowest BCUT2D eigenvalue weighted by Crippen LogP contribution is -2.25. The summed E-state index contributed by atoms with van der Waals surface area (Å²) in [4.78, 5) is 10.9. The fourth-order valence-corrected chi connectivity index (χ4v) is 2.38. The second-order valence-electron chi connectivity index (χ2n) is 4.54. The number of carbonyl (C=O) groups is 1. The molecule has 0 saturated heterocycles. The molecule has 0 aromatic heterocycles. The molecule has 1 aromatic rings. The molecule has 0 atom stereocenters. The van der Waals surface area contributed by atoms with Crippen molar-refractivity contribution in [3.05, 3.63) is 35.4 Å². The van der Waals surface area contributed by atoms with E-state index in [1.54, 1.807) is 12.1 Å². The highest BCUT2D eigenvalue weighted by Crippen LogP contribution is 2.32. The summed E-state index contributed by atoms with van der Waals surface area (Å²) in [5, 5.41) is 8.93. The van der Waals surface area contributed by atoms with Crippen molar-refractivity contribution in [2.24, 2.45) is 5.73 Å². The molecule has 0 aliphatic heterocycles. The van der Waals surface area contributed by atoms with Crippen LogP contribution in [-0.4, -0.2) is 17.1 Å². The van der Waals surface area contributed by atoms with Gasteiger partial charge < -0.3 is 10.8 Å². The van der Waals surface area contributed by atoms with Crippen LogP contribution in [0.25, 0.3) is 0 Å². The second kappa shape index (κ2) is 4.66. The van der Waals surface area contributed by atoms with Gasteiger partial charge in [0.1, 0.15) is 0 Å². The average molecular weight is 219 g/mol. The molecule has 0 heterocycles. The molecular formula is C13H17NO2. The van der Waals surface area contributed by atoms with E-state index >= 15 is 0 Å². The molecular weight excluding hydrogens is 202 g/mol. The normalized spacial score (nSPS) is 25.3. The summed E-state index contributed by atoms with van der Waals surface area (Å²) in [6.07, 6.45) is 4.23. The van der Waals surface area contributed by atoms with Gasteiger partial charge in [-0.3, -0.25) is 0 Å². The molecule has 1 aliphatic carbocycles. The van der Waals surface area contributed by atoms with Crippen LogP contribution in [0.1, 0.15) is 47.5 Å². The van der Waals surface area contributed by atoms with Crippen molar-refractivity contribution in [1.29, 1.82) is 0 Å². The molecule has 1 saturated carbocycles. The number of hydrogen-bond donors (Lipinski definition) is 2. The van der Waals surface area contributed by atoms with Gasteiger partial charge in [-0.2, -0.15) is 0 Å². The highest BCUT2D eigenvalue weighted by molar-refractivity contribution is 5.87. The van der Waals surface area contributed by atoms with Gasteiger partial charge in [-0.15, -0.1) is 0 Å². The Kier molecular flexibility index (Phi) is 3.25. The highest BCUT2D eigenvalue weighted by atomic mass is 16.4. The minimum Gasteiger partial charge on any atom is -0.478 e. The van der Waals surface area contributed by atoms with Crippen molar-refractivity contribution in [3.63, 3.8) is 0 Å². The Morgan fingerprint density at radius 3 is 2.56 bits per heavy atom. The van der Waals surface area contributed by atoms with Crippen molar-refractivity contribution in [1.82, 2.24) is 0 Å². The van der Waals surface area contributed by atoms with Gasteiger partial charge in [0.25, 0.3) is 0 Å². The fraction of sp³-hybridized carbons (Fsp3) is 0.462. The summed E-state index contributed by atoms with van der Waals surface area (Å²) in [6.45, 7) is 0. The first-order chi connectivity index (χ1) is 7.66. The van der Waals surface area contributed by atoms with Crippen molar-refractivity contribution >= 4 is 5.97 Å². The van der Waals surface area contributed by atoms with E-state index in [0.717, 1.165) is 31.2 Å². The third-order valence-electron chi connectivity index (χ3n) is 3.38. The lowest BCUT2D eigenvalue weighted by atomic mass is 9.82. The maximum Gasteiger partial charge on any atom is 0.335 e. The maximum atomic E-state index is 10.9. The van der Waals surface area contributed by atoms with Crippen LogP contribution >= 0.6 is 0 Å². The van der Waals surface area contributed by atoms with Crippen molar-refractivity contribution in [2.75, 3.05) is 0 Å². The largest absolute Gasteiger partial charge is 0.478 e. The smallest absolute Gasteiger partial charge is 0.335 e. The molecule has 0 radical (unpaired) electrons. The number of rotatable bonds is 2. The van der Waals surface area contributed by atoms with Crippen LogP contribution in [0, 0.1) is 0 Å². The number of aromatic carboxylic acids is 1. The molecule has 1 aliphatic rings. The Morgan fingerprint density at radius 2 is 1.94 bits per heavy atom. The van der Waals surface area contributed by atoms with Crippen LogP contribution in [0.2, 0.25) is 0 Å². The molecule has 0 unspecified atom stereocenters. The van der Waals surface area contributed by atoms with Gasteiger partial charge in [0, 0.05) is 6.04 Å². The van der Waals surface area contributed by atoms with E-state index < -0.39 is 5.97 Å². The number of carboxylic acid groups (broad SMARTS) is 1. The van der Waals surface area contributed by atoms with Crippen molar-refractivity contribution < 1.29 is 9.90 Å². The Morgan fingerprint density at radius 1 is 1.25 bits per heavy atom. The van der Waals surface area contributed by atoms with Gasteiger partial charge >= 0.3 is 5.97 Å². The minimum atomic E-state index is -0.852. The van der Waals surface area contributed by atoms with E-state index in [0.29, 0.717) is 17.5 Å². The first kappa shape index (κ1) is 11.1. The van der Waals surface area contributed by atoms with Crippen LogP contribution in [0.15, 0.2) is 24.3 Å². The summed E-state index contributed by atoms with van der Waals surface area (Å²) in [5.41, 5.74) is 7.39. The molecule has 2 rings (SSSR count). The van der Waals surface area contributed by atoms with E-state index in [9.17, 15) is 4.79 Å². The topological polar surface area (TPSA) is 63.3 Å². The quantitative estimate of drug-likeness (QED) is 0.802. The zero-order valence-corrected chi connectivity index (χ0v) is 9.23. The standard InChI is InChI=1S/C13H17NO2/c14-12-6-4-9(5-7-12)10-2-1-3-11(8-10)13(15)16/h1-3,8-9,12H,4-7,14H2,(H,15,16). The van der Waals surface area contributed by atoms with Gasteiger partial charge in [-0.1, -0.05) is 12.1 Å². The molecule has 3 nitrogen and oxygen atoms in total. The molecule has 86 valence electrons. The van der Waals surface area contributed by atoms with Crippen LogP contribution < -0.4 is 5.73 Å². The lowest BCUT2D eigenvalue weighted by Gasteiger charge is -2.26. The Hall–Kier alpha value is -1.35. The minimum absolute atomic E-state index is 0.332. The average Bonchev–Trinajstić information content (AvgIpc) is 2.30. The molecule has 3 N–H and O–H groups in total. The van der Waals surface area contributed by atoms with Crippen molar-refractivity contribution in [3.8, 4) is 0 Å². The van der Waals surface area contributed by atoms with E-state index in [1.165, 1.54) is 0 Å². The number of hydrogen-bond acceptors (Lipinski definition) is 2. The number of benzene rings is 1. The van der Waals surface area contributed by atoms with Crippen LogP contribution in [-0.2, 0) is 0 Å². The van der Waals surface area contributed by atoms with Gasteiger partial charge in [0.2, 0.25) is 0 Å². The van der Waals surface area contributed by atoms with E-state index in [1.807, 2.05) is 12.1 Å². The van der Waals surface area contributed by atoms with Gasteiger partial charge in [-0.05, 0) is 49.3 Å². The molecule has 0 bridgehead atoms. The van der Waals surface area contributed by atoms with Gasteiger partial charge in [0.15, 0.2) is 0 Å². The highest BCUT2D eigenvalue weighted by Gasteiger charge is 2.20. The second-order valence-corrected chi connectivity index (χ2v) is 4.54. The lowest BCUT2D eigenvalue weighted by molar-refractivity contribution is 0.0696. The molecule has 16 heavy (non-hydrogen) atoms. The van der Waals surface area contributed by atoms with Gasteiger partial charge in [-0.25, -0.2) is 4.79 Å². The Balaban J connectivity index is 2.14. The van der Waals surface area contributed by atoms with Crippen LogP contribution in [0.5, 0.6) is 0 Å². The third-order valence-corrected chi connectivity index (χ3v) is 3.38. The summed E-state index contributed by atoms with van der Waals surface area (Å²) in [7, 11) is 0. The molecule has 1 fully saturated rings. The Labute approximate surface area is 95.3 Å².